The van der Waals surface area contributed by atoms with Crippen molar-refractivity contribution in [3.05, 3.63) is 16.5 Å². The molecule has 1 aromatic rings. The highest BCUT2D eigenvalue weighted by molar-refractivity contribution is 7.91. The predicted octanol–water partition coefficient (Wildman–Crippen LogP) is 1.45. The molecular formula is C9H12ClNO3S2. The lowest BCUT2D eigenvalue weighted by Gasteiger charge is -2.09. The minimum Gasteiger partial charge on any atom is -0.391 e. The third kappa shape index (κ3) is 2.95. The van der Waals surface area contributed by atoms with E-state index in [9.17, 15) is 13.5 Å². The van der Waals surface area contributed by atoms with Crippen LogP contribution in [0.4, 0.5) is 0 Å². The number of rotatable bonds is 5. The van der Waals surface area contributed by atoms with E-state index in [1.807, 2.05) is 0 Å². The van der Waals surface area contributed by atoms with Crippen molar-refractivity contribution in [3.8, 4) is 0 Å². The van der Waals surface area contributed by atoms with Crippen LogP contribution in [0.1, 0.15) is 12.8 Å². The van der Waals surface area contributed by atoms with Crippen molar-refractivity contribution in [2.24, 2.45) is 5.92 Å². The van der Waals surface area contributed by atoms with Gasteiger partial charge >= 0.3 is 0 Å². The molecule has 90 valence electrons. The number of hydrogen-bond donors (Lipinski definition) is 2. The maximum absolute atomic E-state index is 11.7. The van der Waals surface area contributed by atoms with Gasteiger partial charge in [-0.3, -0.25) is 0 Å². The van der Waals surface area contributed by atoms with Crippen LogP contribution in [0.2, 0.25) is 4.34 Å². The number of hydrogen-bond acceptors (Lipinski definition) is 4. The zero-order valence-corrected chi connectivity index (χ0v) is 10.8. The fourth-order valence-corrected chi connectivity index (χ4v) is 3.93. The molecule has 1 heterocycles. The van der Waals surface area contributed by atoms with Crippen LogP contribution in [-0.2, 0) is 10.0 Å². The smallest absolute Gasteiger partial charge is 0.250 e. The van der Waals surface area contributed by atoms with Crippen molar-refractivity contribution in [2.45, 2.75) is 23.2 Å². The first kappa shape index (κ1) is 12.3. The number of halogens is 1. The number of sulfonamides is 1. The summed E-state index contributed by atoms with van der Waals surface area (Å²) in [5.74, 6) is 0.259. The summed E-state index contributed by atoms with van der Waals surface area (Å²) in [7, 11) is -3.52. The van der Waals surface area contributed by atoms with Crippen LogP contribution in [0.15, 0.2) is 16.3 Å². The summed E-state index contributed by atoms with van der Waals surface area (Å²) in [6, 6.07) is 3.00. The molecule has 1 fully saturated rings. The molecule has 0 aliphatic heterocycles. The van der Waals surface area contributed by atoms with Gasteiger partial charge in [-0.15, -0.1) is 11.3 Å². The Balaban J connectivity index is 1.97. The van der Waals surface area contributed by atoms with Crippen molar-refractivity contribution < 1.29 is 13.5 Å². The van der Waals surface area contributed by atoms with Crippen molar-refractivity contribution in [1.82, 2.24) is 4.72 Å². The molecule has 1 aliphatic rings. The summed E-state index contributed by atoms with van der Waals surface area (Å²) >= 11 is 6.67. The Morgan fingerprint density at radius 2 is 2.25 bits per heavy atom. The molecule has 0 saturated heterocycles. The molecule has 0 spiro atoms. The standard InChI is InChI=1S/C9H12ClNO3S2/c10-8-3-4-9(15-8)16(13,14)11-5-7(12)6-1-2-6/h3-4,6-7,11-12H,1-2,5H2. The molecule has 0 aromatic carbocycles. The molecule has 0 amide bonds. The lowest BCUT2D eigenvalue weighted by atomic mass is 10.2. The van der Waals surface area contributed by atoms with Crippen molar-refractivity contribution >= 4 is 33.0 Å². The topological polar surface area (TPSA) is 66.4 Å². The number of aliphatic hydroxyl groups is 1. The fourth-order valence-electron chi connectivity index (χ4n) is 1.36. The fraction of sp³-hybridized carbons (Fsp3) is 0.556. The summed E-state index contributed by atoms with van der Waals surface area (Å²) in [6.07, 6.45) is 1.38. The third-order valence-electron chi connectivity index (χ3n) is 2.46. The van der Waals surface area contributed by atoms with Gasteiger partial charge in [0.2, 0.25) is 10.0 Å². The van der Waals surface area contributed by atoms with Gasteiger partial charge in [-0.05, 0) is 30.9 Å². The molecule has 4 nitrogen and oxygen atoms in total. The Morgan fingerprint density at radius 1 is 1.56 bits per heavy atom. The summed E-state index contributed by atoms with van der Waals surface area (Å²) in [5, 5.41) is 9.55. The van der Waals surface area contributed by atoms with Crippen molar-refractivity contribution in [2.75, 3.05) is 6.54 Å². The second kappa shape index (κ2) is 4.62. The lowest BCUT2D eigenvalue weighted by Crippen LogP contribution is -2.32. The minimum atomic E-state index is -3.52. The monoisotopic (exact) mass is 281 g/mol. The number of nitrogens with one attached hydrogen (secondary N) is 1. The molecule has 1 aromatic heterocycles. The van der Waals surface area contributed by atoms with E-state index in [1.165, 1.54) is 12.1 Å². The summed E-state index contributed by atoms with van der Waals surface area (Å²) in [4.78, 5) is 0. The van der Waals surface area contributed by atoms with E-state index in [0.717, 1.165) is 24.2 Å². The first-order valence-electron chi connectivity index (χ1n) is 4.92. The SMILES string of the molecule is O=S(=O)(NCC(O)C1CC1)c1ccc(Cl)s1. The second-order valence-corrected chi connectivity index (χ2v) is 7.52. The van der Waals surface area contributed by atoms with Crippen molar-refractivity contribution in [3.63, 3.8) is 0 Å². The van der Waals surface area contributed by atoms with E-state index in [0.29, 0.717) is 4.34 Å². The molecule has 1 saturated carbocycles. The van der Waals surface area contributed by atoms with Crippen LogP contribution >= 0.6 is 22.9 Å². The Labute approximate surface area is 103 Å². The molecule has 2 rings (SSSR count). The van der Waals surface area contributed by atoms with Crippen LogP contribution in [-0.4, -0.2) is 26.2 Å². The van der Waals surface area contributed by atoms with Gasteiger partial charge < -0.3 is 5.11 Å². The molecule has 1 atom stereocenters. The van der Waals surface area contributed by atoms with E-state index >= 15 is 0 Å². The molecule has 1 aliphatic carbocycles. The maximum atomic E-state index is 11.7. The average molecular weight is 282 g/mol. The third-order valence-corrected chi connectivity index (χ3v) is 5.61. The van der Waals surface area contributed by atoms with E-state index in [4.69, 9.17) is 11.6 Å². The summed E-state index contributed by atoms with van der Waals surface area (Å²) in [5.41, 5.74) is 0. The molecule has 7 heteroatoms. The highest BCUT2D eigenvalue weighted by atomic mass is 35.5. The highest BCUT2D eigenvalue weighted by Crippen LogP contribution is 2.32. The molecular weight excluding hydrogens is 270 g/mol. The van der Waals surface area contributed by atoms with Crippen molar-refractivity contribution in [1.29, 1.82) is 0 Å². The Kier molecular flexibility index (Phi) is 3.56. The van der Waals surface area contributed by atoms with E-state index < -0.39 is 16.1 Å². The Hall–Kier alpha value is -0.140. The predicted molar refractivity (Wildman–Crippen MR) is 63.2 cm³/mol. The largest absolute Gasteiger partial charge is 0.391 e. The number of thiophene rings is 1. The summed E-state index contributed by atoms with van der Waals surface area (Å²) < 4.78 is 26.4. The van der Waals surface area contributed by atoms with Gasteiger partial charge in [0.1, 0.15) is 4.21 Å². The quantitative estimate of drug-likeness (QED) is 0.858. The zero-order chi connectivity index (χ0) is 11.8. The van der Waals surface area contributed by atoms with Crippen LogP contribution in [0.3, 0.4) is 0 Å². The van der Waals surface area contributed by atoms with Gasteiger partial charge in [-0.1, -0.05) is 11.6 Å². The van der Waals surface area contributed by atoms with Gasteiger partial charge in [0, 0.05) is 6.54 Å². The van der Waals surface area contributed by atoms with Gasteiger partial charge in [0.15, 0.2) is 0 Å². The Morgan fingerprint density at radius 3 is 2.75 bits per heavy atom. The minimum absolute atomic E-state index is 0.0719. The van der Waals surface area contributed by atoms with Gasteiger partial charge in [-0.2, -0.15) is 0 Å². The van der Waals surface area contributed by atoms with Crippen LogP contribution in [0, 0.1) is 5.92 Å². The van der Waals surface area contributed by atoms with Gasteiger partial charge in [0.25, 0.3) is 0 Å². The lowest BCUT2D eigenvalue weighted by molar-refractivity contribution is 0.155. The molecule has 16 heavy (non-hydrogen) atoms. The first-order valence-corrected chi connectivity index (χ1v) is 7.60. The second-order valence-electron chi connectivity index (χ2n) is 3.82. The molecule has 1 unspecified atom stereocenters. The number of aliphatic hydroxyl groups excluding tert-OH is 1. The highest BCUT2D eigenvalue weighted by Gasteiger charge is 2.30. The maximum Gasteiger partial charge on any atom is 0.250 e. The van der Waals surface area contributed by atoms with Crippen LogP contribution < -0.4 is 4.72 Å². The van der Waals surface area contributed by atoms with E-state index in [1.54, 1.807) is 0 Å². The normalized spacial score (nSPS) is 18.6. The summed E-state index contributed by atoms with van der Waals surface area (Å²) in [6.45, 7) is 0.0719. The Bertz CT molecular complexity index is 467. The van der Waals surface area contributed by atoms with E-state index in [2.05, 4.69) is 4.72 Å². The van der Waals surface area contributed by atoms with Gasteiger partial charge in [0.05, 0.1) is 10.4 Å². The average Bonchev–Trinajstić information content (AvgIpc) is 2.98. The zero-order valence-electron chi connectivity index (χ0n) is 8.39. The first-order chi connectivity index (χ1) is 7.49. The molecule has 2 N–H and O–H groups in total. The van der Waals surface area contributed by atoms with Crippen LogP contribution in [0.25, 0.3) is 0 Å². The molecule has 0 bridgehead atoms. The van der Waals surface area contributed by atoms with Crippen LogP contribution in [0.5, 0.6) is 0 Å². The van der Waals surface area contributed by atoms with Gasteiger partial charge in [-0.25, -0.2) is 13.1 Å². The molecule has 0 radical (unpaired) electrons. The van der Waals surface area contributed by atoms with E-state index in [-0.39, 0.29) is 16.7 Å².